The van der Waals surface area contributed by atoms with Crippen LogP contribution in [0.15, 0.2) is 23.2 Å². The monoisotopic (exact) mass is 414 g/mol. The third-order valence-corrected chi connectivity index (χ3v) is 4.89. The summed E-state index contributed by atoms with van der Waals surface area (Å²) in [5, 5.41) is 20.6. The molecule has 0 aliphatic heterocycles. The van der Waals surface area contributed by atoms with E-state index in [4.69, 9.17) is 23.2 Å². The Morgan fingerprint density at radius 3 is 2.44 bits per heavy atom. The molecule has 0 saturated heterocycles. The molecule has 1 aliphatic carbocycles. The fourth-order valence-corrected chi connectivity index (χ4v) is 3.26. The Bertz CT molecular complexity index is 630. The predicted octanol–water partition coefficient (Wildman–Crippen LogP) is 2.89. The summed E-state index contributed by atoms with van der Waals surface area (Å²) in [6.45, 7) is 4.19. The molecule has 1 aromatic rings. The number of benzene rings is 1. The molecule has 0 spiro atoms. The lowest BCUT2D eigenvalue weighted by atomic mass is 9.85. The minimum atomic E-state index is -0.793. The van der Waals surface area contributed by atoms with Crippen molar-refractivity contribution in [1.29, 1.82) is 0 Å². The SMILES string of the molecule is CCNC(=NCC(O)c1cc(Cl)cc(Cl)c1)NCCCNC(=O)C1CCC1. The van der Waals surface area contributed by atoms with E-state index >= 15 is 0 Å². The van der Waals surface area contributed by atoms with E-state index in [1.54, 1.807) is 18.2 Å². The Morgan fingerprint density at radius 1 is 1.19 bits per heavy atom. The lowest BCUT2D eigenvalue weighted by molar-refractivity contribution is -0.127. The van der Waals surface area contributed by atoms with E-state index in [0.717, 1.165) is 25.7 Å². The maximum Gasteiger partial charge on any atom is 0.223 e. The number of nitrogens with zero attached hydrogens (tertiary/aromatic N) is 1. The van der Waals surface area contributed by atoms with Crippen molar-refractivity contribution >= 4 is 35.1 Å². The maximum absolute atomic E-state index is 11.8. The molecule has 1 aromatic carbocycles. The third-order valence-electron chi connectivity index (χ3n) is 4.46. The quantitative estimate of drug-likeness (QED) is 0.284. The van der Waals surface area contributed by atoms with E-state index in [2.05, 4.69) is 20.9 Å². The number of carbonyl (C=O) groups excluding carboxylic acids is 1. The second-order valence-corrected chi connectivity index (χ2v) is 7.51. The molecule has 27 heavy (non-hydrogen) atoms. The van der Waals surface area contributed by atoms with Crippen LogP contribution in [0.3, 0.4) is 0 Å². The Kier molecular flexibility index (Phi) is 9.18. The summed E-state index contributed by atoms with van der Waals surface area (Å²) in [5.74, 6) is 1.01. The van der Waals surface area contributed by atoms with Gasteiger partial charge in [-0.3, -0.25) is 9.79 Å². The largest absolute Gasteiger partial charge is 0.386 e. The van der Waals surface area contributed by atoms with Gasteiger partial charge < -0.3 is 21.1 Å². The van der Waals surface area contributed by atoms with E-state index in [1.807, 2.05) is 6.92 Å². The average molecular weight is 415 g/mol. The van der Waals surface area contributed by atoms with Gasteiger partial charge in [-0.25, -0.2) is 0 Å². The molecule has 0 radical (unpaired) electrons. The number of halogens is 2. The Balaban J connectivity index is 1.74. The molecule has 4 N–H and O–H groups in total. The molecule has 0 heterocycles. The van der Waals surface area contributed by atoms with Gasteiger partial charge in [0.25, 0.3) is 0 Å². The van der Waals surface area contributed by atoms with Crippen LogP contribution in [0.25, 0.3) is 0 Å². The number of hydrogen-bond donors (Lipinski definition) is 4. The van der Waals surface area contributed by atoms with Crippen LogP contribution in [0.2, 0.25) is 10.0 Å². The topological polar surface area (TPSA) is 85.8 Å². The van der Waals surface area contributed by atoms with Gasteiger partial charge in [0.1, 0.15) is 0 Å². The molecule has 8 heteroatoms. The molecule has 1 unspecified atom stereocenters. The number of guanidine groups is 1. The second-order valence-electron chi connectivity index (χ2n) is 6.64. The molecule has 2 rings (SSSR count). The summed E-state index contributed by atoms with van der Waals surface area (Å²) in [6, 6.07) is 4.98. The maximum atomic E-state index is 11.8. The predicted molar refractivity (Wildman–Crippen MR) is 110 cm³/mol. The zero-order valence-corrected chi connectivity index (χ0v) is 17.1. The molecule has 1 fully saturated rings. The van der Waals surface area contributed by atoms with Crippen LogP contribution in [0.1, 0.15) is 44.3 Å². The molecule has 1 atom stereocenters. The lowest BCUT2D eigenvalue weighted by Gasteiger charge is -2.24. The van der Waals surface area contributed by atoms with Crippen molar-refractivity contribution in [3.05, 3.63) is 33.8 Å². The first-order valence-corrected chi connectivity index (χ1v) is 10.2. The number of hydrogen-bond acceptors (Lipinski definition) is 3. The smallest absolute Gasteiger partial charge is 0.223 e. The van der Waals surface area contributed by atoms with Crippen molar-refractivity contribution in [2.24, 2.45) is 10.9 Å². The number of rotatable bonds is 9. The standard InChI is InChI=1S/C19H28Cl2N4O2/c1-2-22-19(24-8-4-7-23-18(27)13-5-3-6-13)25-12-17(26)14-9-15(20)11-16(21)10-14/h9-11,13,17,26H,2-8,12H2,1H3,(H,23,27)(H2,22,24,25). The van der Waals surface area contributed by atoms with Crippen LogP contribution in [-0.4, -0.2) is 43.2 Å². The molecule has 0 aromatic heterocycles. The van der Waals surface area contributed by atoms with E-state index < -0.39 is 6.10 Å². The van der Waals surface area contributed by atoms with Crippen LogP contribution >= 0.6 is 23.2 Å². The number of aliphatic hydroxyl groups is 1. The molecular formula is C19H28Cl2N4O2. The molecule has 1 aliphatic rings. The average Bonchev–Trinajstić information content (AvgIpc) is 2.56. The minimum absolute atomic E-state index is 0.171. The van der Waals surface area contributed by atoms with E-state index in [1.165, 1.54) is 0 Å². The van der Waals surface area contributed by atoms with Gasteiger partial charge in [-0.05, 0) is 49.9 Å². The summed E-state index contributed by atoms with van der Waals surface area (Å²) in [7, 11) is 0. The Hall–Kier alpha value is -1.50. The van der Waals surface area contributed by atoms with Gasteiger partial charge in [0, 0.05) is 35.6 Å². The highest BCUT2D eigenvalue weighted by atomic mass is 35.5. The highest BCUT2D eigenvalue weighted by Gasteiger charge is 2.24. The molecule has 1 saturated carbocycles. The van der Waals surface area contributed by atoms with Crippen molar-refractivity contribution in [1.82, 2.24) is 16.0 Å². The van der Waals surface area contributed by atoms with Crippen LogP contribution in [0.5, 0.6) is 0 Å². The second kappa shape index (κ2) is 11.4. The van der Waals surface area contributed by atoms with Crippen molar-refractivity contribution < 1.29 is 9.90 Å². The van der Waals surface area contributed by atoms with Gasteiger partial charge in [-0.15, -0.1) is 0 Å². The first kappa shape index (κ1) is 21.8. The summed E-state index contributed by atoms with van der Waals surface area (Å²) < 4.78 is 0. The van der Waals surface area contributed by atoms with Crippen LogP contribution in [-0.2, 0) is 4.79 Å². The van der Waals surface area contributed by atoms with Crippen LogP contribution < -0.4 is 16.0 Å². The van der Waals surface area contributed by atoms with Gasteiger partial charge in [0.2, 0.25) is 5.91 Å². The zero-order valence-electron chi connectivity index (χ0n) is 15.6. The van der Waals surface area contributed by atoms with Crippen molar-refractivity contribution in [3.8, 4) is 0 Å². The summed E-state index contributed by atoms with van der Waals surface area (Å²) in [6.07, 6.45) is 3.20. The van der Waals surface area contributed by atoms with Crippen molar-refractivity contribution in [2.45, 2.75) is 38.7 Å². The Labute approximate surface area is 170 Å². The number of aliphatic hydroxyl groups excluding tert-OH is 1. The highest BCUT2D eigenvalue weighted by Crippen LogP contribution is 2.26. The minimum Gasteiger partial charge on any atom is -0.386 e. The summed E-state index contributed by atoms with van der Waals surface area (Å²) in [5.41, 5.74) is 0.630. The molecule has 150 valence electrons. The van der Waals surface area contributed by atoms with E-state index in [9.17, 15) is 9.90 Å². The molecule has 1 amide bonds. The first-order valence-electron chi connectivity index (χ1n) is 9.43. The van der Waals surface area contributed by atoms with Crippen molar-refractivity contribution in [3.63, 3.8) is 0 Å². The van der Waals surface area contributed by atoms with E-state index in [-0.39, 0.29) is 18.4 Å². The summed E-state index contributed by atoms with van der Waals surface area (Å²) in [4.78, 5) is 16.2. The normalized spacial score (nSPS) is 15.8. The van der Waals surface area contributed by atoms with Gasteiger partial charge in [0.15, 0.2) is 5.96 Å². The number of amides is 1. The number of nitrogens with one attached hydrogen (secondary N) is 3. The van der Waals surface area contributed by atoms with Gasteiger partial charge in [-0.1, -0.05) is 29.6 Å². The van der Waals surface area contributed by atoms with E-state index in [0.29, 0.717) is 41.2 Å². The summed E-state index contributed by atoms with van der Waals surface area (Å²) >= 11 is 11.9. The van der Waals surface area contributed by atoms with Crippen LogP contribution in [0.4, 0.5) is 0 Å². The van der Waals surface area contributed by atoms with Crippen LogP contribution in [0, 0.1) is 5.92 Å². The molecular weight excluding hydrogens is 387 g/mol. The third kappa shape index (κ3) is 7.56. The fraction of sp³-hybridized carbons (Fsp3) is 0.579. The van der Waals surface area contributed by atoms with Gasteiger partial charge in [0.05, 0.1) is 12.6 Å². The van der Waals surface area contributed by atoms with Crippen molar-refractivity contribution in [2.75, 3.05) is 26.2 Å². The van der Waals surface area contributed by atoms with Gasteiger partial charge in [-0.2, -0.15) is 0 Å². The number of carbonyl (C=O) groups is 1. The first-order chi connectivity index (χ1) is 13.0. The number of aliphatic imine (C=N–C) groups is 1. The fourth-order valence-electron chi connectivity index (χ4n) is 2.71. The zero-order chi connectivity index (χ0) is 19.6. The highest BCUT2D eigenvalue weighted by molar-refractivity contribution is 6.34. The van der Waals surface area contributed by atoms with Gasteiger partial charge >= 0.3 is 0 Å². The lowest BCUT2D eigenvalue weighted by Crippen LogP contribution is -2.40. The Morgan fingerprint density at radius 2 is 1.85 bits per heavy atom. The molecule has 0 bridgehead atoms. The molecule has 6 nitrogen and oxygen atoms in total.